The van der Waals surface area contributed by atoms with Crippen molar-refractivity contribution in [2.24, 2.45) is 0 Å². The van der Waals surface area contributed by atoms with E-state index in [9.17, 15) is 14.3 Å². The van der Waals surface area contributed by atoms with Gasteiger partial charge in [-0.3, -0.25) is 4.57 Å². The molecule has 5 rings (SSSR count). The van der Waals surface area contributed by atoms with Gasteiger partial charge in [-0.15, -0.1) is 0 Å². The largest absolute Gasteiger partial charge is 0.487 e. The Hall–Kier alpha value is -2.55. The summed E-state index contributed by atoms with van der Waals surface area (Å²) in [5.74, 6) is 0.886. The molecule has 0 spiro atoms. The van der Waals surface area contributed by atoms with Crippen LogP contribution in [0.25, 0.3) is 11.0 Å². The van der Waals surface area contributed by atoms with Crippen LogP contribution < -0.4 is 15.2 Å². The van der Waals surface area contributed by atoms with E-state index in [1.54, 1.807) is 16.7 Å². The smallest absolute Gasteiger partial charge is 0.326 e. The zero-order valence-electron chi connectivity index (χ0n) is 19.3. The van der Waals surface area contributed by atoms with Crippen molar-refractivity contribution in [3.05, 3.63) is 57.2 Å². The maximum atomic E-state index is 13.5. The number of rotatable bonds is 6. The second-order valence-electron chi connectivity index (χ2n) is 9.89. The summed E-state index contributed by atoms with van der Waals surface area (Å²) in [7, 11) is 0. The van der Waals surface area contributed by atoms with E-state index >= 15 is 0 Å². The Morgan fingerprint density at radius 2 is 2.06 bits per heavy atom. The average molecular weight is 490 g/mol. The highest BCUT2D eigenvalue weighted by atomic mass is 35.5. The van der Waals surface area contributed by atoms with Crippen molar-refractivity contribution in [3.8, 4) is 11.5 Å². The fourth-order valence-corrected chi connectivity index (χ4v) is 5.34. The Balaban J connectivity index is 1.17. The second kappa shape index (κ2) is 8.91. The molecule has 1 atom stereocenters. The van der Waals surface area contributed by atoms with Crippen molar-refractivity contribution in [1.29, 1.82) is 0 Å². The van der Waals surface area contributed by atoms with Crippen LogP contribution in [0.15, 0.2) is 35.1 Å². The summed E-state index contributed by atoms with van der Waals surface area (Å²) in [4.78, 5) is 17.4. The Labute approximate surface area is 202 Å². The van der Waals surface area contributed by atoms with Gasteiger partial charge in [0.2, 0.25) is 0 Å². The van der Waals surface area contributed by atoms with Gasteiger partial charge in [-0.1, -0.05) is 11.6 Å². The molecule has 1 unspecified atom stereocenters. The molecule has 2 aromatic carbocycles. The van der Waals surface area contributed by atoms with Crippen LogP contribution in [-0.2, 0) is 6.42 Å². The topological polar surface area (TPSA) is 79.7 Å². The standard InChI is InChI=1S/C25H29ClFN3O4/c1-25(2)12-15-9-16(26)10-22(23(15)34-25)33-14-19(31)13-29-7-5-18(6-8-29)30-21-4-3-17(27)11-20(21)28-24(30)32/h3-4,9-11,18-19,31H,5-8,12-14H2,1-2H3,(H,28,32). The van der Waals surface area contributed by atoms with Crippen LogP contribution in [-0.4, -0.2) is 57.5 Å². The van der Waals surface area contributed by atoms with Crippen molar-refractivity contribution in [1.82, 2.24) is 14.5 Å². The van der Waals surface area contributed by atoms with Crippen LogP contribution in [0.1, 0.15) is 38.3 Å². The summed E-state index contributed by atoms with van der Waals surface area (Å²) in [6, 6.07) is 8.03. The number of aromatic nitrogens is 2. The normalized spacial score (nSPS) is 19.2. The number of halogens is 2. The number of β-amino-alcohol motifs (C(OH)–C–C–N with tert-alkyl or cyclic N) is 1. The maximum Gasteiger partial charge on any atom is 0.326 e. The molecule has 2 N–H and O–H groups in total. The Kier molecular flexibility index (Phi) is 6.08. The SMILES string of the molecule is CC1(C)Cc2cc(Cl)cc(OCC(O)CN3CCC(n4c(=O)[nH]c5cc(F)ccc54)CC3)c2O1. The molecule has 0 saturated carbocycles. The highest BCUT2D eigenvalue weighted by Crippen LogP contribution is 2.43. The number of hydrogen-bond donors (Lipinski definition) is 2. The number of aliphatic hydroxyl groups is 1. The molecule has 182 valence electrons. The lowest BCUT2D eigenvalue weighted by molar-refractivity contribution is 0.0536. The number of imidazole rings is 1. The van der Waals surface area contributed by atoms with Gasteiger partial charge in [0, 0.05) is 48.7 Å². The fraction of sp³-hybridized carbons (Fsp3) is 0.480. The van der Waals surface area contributed by atoms with Crippen LogP contribution in [0, 0.1) is 5.82 Å². The first-order chi connectivity index (χ1) is 16.2. The van der Waals surface area contributed by atoms with Crippen molar-refractivity contribution in [2.45, 2.75) is 50.9 Å². The fourth-order valence-electron chi connectivity index (χ4n) is 5.11. The number of aromatic amines is 1. The molecule has 3 heterocycles. The Morgan fingerprint density at radius 3 is 2.82 bits per heavy atom. The van der Waals surface area contributed by atoms with Crippen LogP contribution in [0.3, 0.4) is 0 Å². The summed E-state index contributed by atoms with van der Waals surface area (Å²) in [6.07, 6.45) is 1.61. The minimum atomic E-state index is -0.681. The first-order valence-corrected chi connectivity index (χ1v) is 12.0. The summed E-state index contributed by atoms with van der Waals surface area (Å²) in [6.45, 7) is 6.12. The lowest BCUT2D eigenvalue weighted by Crippen LogP contribution is -2.42. The van der Waals surface area contributed by atoms with Gasteiger partial charge in [-0.05, 0) is 51.0 Å². The third-order valence-corrected chi connectivity index (χ3v) is 6.81. The highest BCUT2D eigenvalue weighted by molar-refractivity contribution is 6.30. The number of aliphatic hydroxyl groups excluding tert-OH is 1. The Morgan fingerprint density at radius 1 is 1.29 bits per heavy atom. The second-order valence-corrected chi connectivity index (χ2v) is 10.3. The number of fused-ring (bicyclic) bond motifs is 2. The van der Waals surface area contributed by atoms with Gasteiger partial charge in [0.15, 0.2) is 11.5 Å². The van der Waals surface area contributed by atoms with Crippen molar-refractivity contribution in [2.75, 3.05) is 26.2 Å². The summed E-state index contributed by atoms with van der Waals surface area (Å²) in [5.41, 5.74) is 1.72. The Bertz CT molecular complexity index is 1260. The molecule has 9 heteroatoms. The first kappa shape index (κ1) is 23.2. The predicted molar refractivity (Wildman–Crippen MR) is 129 cm³/mol. The molecule has 1 saturated heterocycles. The number of hydrogen-bond acceptors (Lipinski definition) is 5. The third-order valence-electron chi connectivity index (χ3n) is 6.59. The summed E-state index contributed by atoms with van der Waals surface area (Å²) < 4.78 is 27.2. The van der Waals surface area contributed by atoms with Crippen molar-refractivity contribution in [3.63, 3.8) is 0 Å². The molecule has 0 aliphatic carbocycles. The predicted octanol–water partition coefficient (Wildman–Crippen LogP) is 3.91. The van der Waals surface area contributed by atoms with E-state index in [1.165, 1.54) is 12.1 Å². The maximum absolute atomic E-state index is 13.5. The van der Waals surface area contributed by atoms with E-state index in [0.717, 1.165) is 43.4 Å². The van der Waals surface area contributed by atoms with E-state index in [-0.39, 0.29) is 29.8 Å². The number of likely N-dealkylation sites (tertiary alicyclic amines) is 1. The van der Waals surface area contributed by atoms with E-state index in [0.29, 0.717) is 28.6 Å². The van der Waals surface area contributed by atoms with Crippen LogP contribution in [0.2, 0.25) is 5.02 Å². The quantitative estimate of drug-likeness (QED) is 0.549. The van der Waals surface area contributed by atoms with Gasteiger partial charge in [-0.2, -0.15) is 0 Å². The van der Waals surface area contributed by atoms with Gasteiger partial charge in [0.1, 0.15) is 24.1 Å². The highest BCUT2D eigenvalue weighted by Gasteiger charge is 2.33. The van der Waals surface area contributed by atoms with Gasteiger partial charge < -0.3 is 24.5 Å². The molecule has 0 amide bonds. The lowest BCUT2D eigenvalue weighted by atomic mass is 10.0. The minimum absolute atomic E-state index is 0.0332. The van der Waals surface area contributed by atoms with Gasteiger partial charge in [0.25, 0.3) is 0 Å². The molecule has 2 aliphatic rings. The number of piperidine rings is 1. The molecule has 34 heavy (non-hydrogen) atoms. The zero-order valence-corrected chi connectivity index (χ0v) is 20.1. The number of nitrogens with zero attached hydrogens (tertiary/aromatic N) is 2. The van der Waals surface area contributed by atoms with Crippen LogP contribution >= 0.6 is 11.6 Å². The van der Waals surface area contributed by atoms with E-state index in [4.69, 9.17) is 21.1 Å². The molecule has 2 aliphatic heterocycles. The van der Waals surface area contributed by atoms with Gasteiger partial charge in [-0.25, -0.2) is 9.18 Å². The number of benzene rings is 2. The molecule has 3 aromatic rings. The minimum Gasteiger partial charge on any atom is -0.487 e. The van der Waals surface area contributed by atoms with Crippen LogP contribution in [0.5, 0.6) is 11.5 Å². The van der Waals surface area contributed by atoms with E-state index in [1.807, 2.05) is 19.9 Å². The molecule has 1 aromatic heterocycles. The van der Waals surface area contributed by atoms with Crippen molar-refractivity contribution < 1.29 is 19.0 Å². The van der Waals surface area contributed by atoms with Crippen molar-refractivity contribution >= 4 is 22.6 Å². The lowest BCUT2D eigenvalue weighted by Gasteiger charge is -2.33. The monoisotopic (exact) mass is 489 g/mol. The number of nitrogens with one attached hydrogen (secondary N) is 1. The average Bonchev–Trinajstić information content (AvgIpc) is 3.26. The molecule has 0 bridgehead atoms. The molecule has 0 radical (unpaired) electrons. The zero-order chi connectivity index (χ0) is 24.0. The summed E-state index contributed by atoms with van der Waals surface area (Å²) >= 11 is 6.25. The van der Waals surface area contributed by atoms with E-state index < -0.39 is 6.10 Å². The van der Waals surface area contributed by atoms with Gasteiger partial charge >= 0.3 is 5.69 Å². The summed E-state index contributed by atoms with van der Waals surface area (Å²) in [5, 5.41) is 11.2. The van der Waals surface area contributed by atoms with E-state index in [2.05, 4.69) is 9.88 Å². The molecular weight excluding hydrogens is 461 g/mol. The number of H-pyrrole nitrogens is 1. The number of ether oxygens (including phenoxy) is 2. The molecular formula is C25H29ClFN3O4. The third kappa shape index (κ3) is 4.67. The van der Waals surface area contributed by atoms with Crippen LogP contribution in [0.4, 0.5) is 4.39 Å². The first-order valence-electron chi connectivity index (χ1n) is 11.6. The van der Waals surface area contributed by atoms with Gasteiger partial charge in [0.05, 0.1) is 11.0 Å². The molecule has 1 fully saturated rings. The molecule has 7 nitrogen and oxygen atoms in total.